The van der Waals surface area contributed by atoms with Crippen LogP contribution >= 0.6 is 11.6 Å². The molecule has 60 valence electrons. The van der Waals surface area contributed by atoms with Gasteiger partial charge in [-0.05, 0) is 12.1 Å². The maximum absolute atomic E-state index is 9.12. The van der Waals surface area contributed by atoms with Gasteiger partial charge in [-0.15, -0.1) is 0 Å². The number of rotatable bonds is 1. The normalized spacial score (nSPS) is 9.64. The summed E-state index contributed by atoms with van der Waals surface area (Å²) in [7, 11) is 0. The first kappa shape index (κ1) is 7.97. The van der Waals surface area contributed by atoms with E-state index in [1.807, 2.05) is 0 Å². The van der Waals surface area contributed by atoms with Crippen LogP contribution in [0.2, 0.25) is 5.02 Å². The number of nitrogens with two attached hydrogens (primary N) is 1. The lowest BCUT2D eigenvalue weighted by Gasteiger charge is -2.05. The number of nitrogens with one attached hydrogen (secondary N) is 1. The lowest BCUT2D eigenvalue weighted by molar-refractivity contribution is 0.381. The minimum absolute atomic E-state index is 0.0926. The lowest BCUT2D eigenvalue weighted by Crippen LogP contribution is -1.93. The molecule has 0 bridgehead atoms. The Morgan fingerprint density at radius 2 is 2.09 bits per heavy atom. The molecule has 5 heteroatoms. The number of anilines is 2. The fraction of sp³-hybridized carbons (Fsp3) is 0. The first-order valence-electron chi connectivity index (χ1n) is 2.83. The zero-order valence-electron chi connectivity index (χ0n) is 5.50. The zero-order valence-corrected chi connectivity index (χ0v) is 6.26. The van der Waals surface area contributed by atoms with Crippen LogP contribution in [0.5, 0.6) is 5.75 Å². The van der Waals surface area contributed by atoms with Crippen molar-refractivity contribution in [1.82, 2.24) is 0 Å². The van der Waals surface area contributed by atoms with E-state index in [1.54, 1.807) is 5.48 Å². The number of halogens is 1. The number of hydrogen-bond donors (Lipinski definition) is 4. The molecule has 0 unspecified atom stereocenters. The van der Waals surface area contributed by atoms with E-state index in [-0.39, 0.29) is 17.1 Å². The van der Waals surface area contributed by atoms with Crippen LogP contribution in [0.25, 0.3) is 0 Å². The van der Waals surface area contributed by atoms with Gasteiger partial charge >= 0.3 is 0 Å². The Kier molecular flexibility index (Phi) is 2.07. The van der Waals surface area contributed by atoms with E-state index < -0.39 is 0 Å². The summed E-state index contributed by atoms with van der Waals surface area (Å²) in [5.41, 5.74) is 7.29. The average Bonchev–Trinajstić information content (AvgIpc) is 1.96. The molecule has 0 aliphatic carbocycles. The number of aromatic hydroxyl groups is 1. The summed E-state index contributed by atoms with van der Waals surface area (Å²) < 4.78 is 0. The molecule has 0 aromatic heterocycles. The Hall–Kier alpha value is -1.13. The first-order chi connectivity index (χ1) is 5.15. The number of hydrogen-bond acceptors (Lipinski definition) is 4. The van der Waals surface area contributed by atoms with E-state index in [2.05, 4.69) is 0 Å². The molecule has 0 radical (unpaired) electrons. The summed E-state index contributed by atoms with van der Waals surface area (Å²) in [6.45, 7) is 0. The fourth-order valence-electron chi connectivity index (χ4n) is 0.706. The number of phenols is 1. The van der Waals surface area contributed by atoms with E-state index in [0.717, 1.165) is 0 Å². The molecule has 4 nitrogen and oxygen atoms in total. The van der Waals surface area contributed by atoms with Crippen molar-refractivity contribution in [3.63, 3.8) is 0 Å². The molecule has 1 aromatic carbocycles. The van der Waals surface area contributed by atoms with Crippen molar-refractivity contribution in [3.05, 3.63) is 17.2 Å². The van der Waals surface area contributed by atoms with Crippen LogP contribution in [-0.4, -0.2) is 10.3 Å². The second-order valence-corrected chi connectivity index (χ2v) is 2.44. The van der Waals surface area contributed by atoms with E-state index >= 15 is 0 Å². The van der Waals surface area contributed by atoms with Gasteiger partial charge in [-0.2, -0.15) is 0 Å². The minimum Gasteiger partial charge on any atom is -0.504 e. The number of nitrogen functional groups attached to an aromatic ring is 1. The Bertz CT molecular complexity index is 278. The molecule has 0 fully saturated rings. The third kappa shape index (κ3) is 1.47. The monoisotopic (exact) mass is 174 g/mol. The molecule has 0 amide bonds. The summed E-state index contributed by atoms with van der Waals surface area (Å²) in [5, 5.41) is 17.9. The highest BCUT2D eigenvalue weighted by Crippen LogP contribution is 2.32. The average molecular weight is 175 g/mol. The lowest BCUT2D eigenvalue weighted by atomic mass is 10.2. The van der Waals surface area contributed by atoms with Gasteiger partial charge in [0, 0.05) is 5.02 Å². The van der Waals surface area contributed by atoms with E-state index in [9.17, 15) is 0 Å². The molecular weight excluding hydrogens is 168 g/mol. The summed E-state index contributed by atoms with van der Waals surface area (Å²) in [4.78, 5) is 0. The van der Waals surface area contributed by atoms with Gasteiger partial charge < -0.3 is 10.8 Å². The summed E-state index contributed by atoms with van der Waals surface area (Å²) in [5.74, 6) is -0.211. The highest BCUT2D eigenvalue weighted by Gasteiger charge is 2.04. The van der Waals surface area contributed by atoms with Gasteiger partial charge in [-0.25, -0.2) is 0 Å². The van der Waals surface area contributed by atoms with Gasteiger partial charge in [0.25, 0.3) is 0 Å². The number of benzene rings is 1. The van der Waals surface area contributed by atoms with Gasteiger partial charge in [-0.1, -0.05) is 11.6 Å². The highest BCUT2D eigenvalue weighted by molar-refractivity contribution is 6.31. The zero-order chi connectivity index (χ0) is 8.43. The van der Waals surface area contributed by atoms with E-state index in [1.165, 1.54) is 12.1 Å². The Balaban J connectivity index is 3.24. The maximum Gasteiger partial charge on any atom is 0.164 e. The molecule has 1 rings (SSSR count). The molecule has 0 heterocycles. The molecule has 0 saturated heterocycles. The third-order valence-corrected chi connectivity index (χ3v) is 1.44. The third-order valence-electron chi connectivity index (χ3n) is 1.22. The standard InChI is InChI=1S/C6H7ClN2O2/c7-3-1-4(8)6(10)5(2-3)9-11/h1-2,9-11H,8H2. The molecule has 1 aromatic rings. The predicted molar refractivity (Wildman–Crippen MR) is 42.9 cm³/mol. The topological polar surface area (TPSA) is 78.5 Å². The highest BCUT2D eigenvalue weighted by atomic mass is 35.5. The van der Waals surface area contributed by atoms with Gasteiger partial charge in [0.1, 0.15) is 5.69 Å². The van der Waals surface area contributed by atoms with E-state index in [4.69, 9.17) is 27.6 Å². The molecule has 11 heavy (non-hydrogen) atoms. The molecule has 0 spiro atoms. The Labute approximate surface area is 68.2 Å². The van der Waals surface area contributed by atoms with Crippen molar-refractivity contribution < 1.29 is 10.3 Å². The second-order valence-electron chi connectivity index (χ2n) is 2.00. The molecule has 0 aliphatic rings. The fourth-order valence-corrected chi connectivity index (χ4v) is 0.932. The Morgan fingerprint density at radius 3 is 2.64 bits per heavy atom. The quantitative estimate of drug-likeness (QED) is 0.295. The van der Waals surface area contributed by atoms with Crippen LogP contribution in [0.1, 0.15) is 0 Å². The SMILES string of the molecule is Nc1cc(Cl)cc(NO)c1O. The first-order valence-corrected chi connectivity index (χ1v) is 3.21. The Morgan fingerprint density at radius 1 is 1.45 bits per heavy atom. The van der Waals surface area contributed by atoms with Crippen molar-refractivity contribution in [2.75, 3.05) is 11.2 Å². The summed E-state index contributed by atoms with van der Waals surface area (Å²) in [6, 6.07) is 2.74. The van der Waals surface area contributed by atoms with Crippen LogP contribution in [0, 0.1) is 0 Å². The molecule has 0 atom stereocenters. The van der Waals surface area contributed by atoms with E-state index in [0.29, 0.717) is 5.02 Å². The van der Waals surface area contributed by atoms with Crippen molar-refractivity contribution in [2.45, 2.75) is 0 Å². The second kappa shape index (κ2) is 2.86. The van der Waals surface area contributed by atoms with Crippen LogP contribution < -0.4 is 11.2 Å². The number of phenolic OH excluding ortho intramolecular Hbond substituents is 1. The molecule has 0 aliphatic heterocycles. The van der Waals surface area contributed by atoms with Crippen molar-refractivity contribution in [1.29, 1.82) is 0 Å². The van der Waals surface area contributed by atoms with Crippen LogP contribution in [0.4, 0.5) is 11.4 Å². The smallest absolute Gasteiger partial charge is 0.164 e. The van der Waals surface area contributed by atoms with Gasteiger partial charge in [0.15, 0.2) is 5.75 Å². The van der Waals surface area contributed by atoms with Crippen LogP contribution in [-0.2, 0) is 0 Å². The van der Waals surface area contributed by atoms with Crippen molar-refractivity contribution in [2.24, 2.45) is 0 Å². The summed E-state index contributed by atoms with van der Waals surface area (Å²) in [6.07, 6.45) is 0. The molecule has 0 saturated carbocycles. The van der Waals surface area contributed by atoms with Gasteiger partial charge in [0.05, 0.1) is 5.69 Å². The van der Waals surface area contributed by atoms with Gasteiger partial charge in [0.2, 0.25) is 0 Å². The van der Waals surface area contributed by atoms with Gasteiger partial charge in [-0.3, -0.25) is 10.7 Å². The predicted octanol–water partition coefficient (Wildman–Crippen LogP) is 1.43. The molecule has 5 N–H and O–H groups in total. The van der Waals surface area contributed by atoms with Crippen molar-refractivity contribution >= 4 is 23.0 Å². The van der Waals surface area contributed by atoms with Crippen molar-refractivity contribution in [3.8, 4) is 5.75 Å². The maximum atomic E-state index is 9.12. The largest absolute Gasteiger partial charge is 0.504 e. The van der Waals surface area contributed by atoms with Crippen LogP contribution in [0.3, 0.4) is 0 Å². The minimum atomic E-state index is -0.211. The van der Waals surface area contributed by atoms with Crippen LogP contribution in [0.15, 0.2) is 12.1 Å². The molecular formula is C6H7ClN2O2. The summed E-state index contributed by atoms with van der Waals surface area (Å²) >= 11 is 5.56.